The van der Waals surface area contributed by atoms with E-state index in [-0.39, 0.29) is 11.6 Å². The van der Waals surface area contributed by atoms with Crippen LogP contribution < -0.4 is 10.9 Å². The zero-order valence-corrected chi connectivity index (χ0v) is 13.1. The fraction of sp³-hybridized carbons (Fsp3) is 0.600. The number of thiophene rings is 1. The van der Waals surface area contributed by atoms with Gasteiger partial charge in [0.15, 0.2) is 0 Å². The van der Waals surface area contributed by atoms with Crippen LogP contribution in [0.3, 0.4) is 0 Å². The average molecular weight is 291 g/mol. The number of H-pyrrole nitrogens is 1. The van der Waals surface area contributed by atoms with E-state index < -0.39 is 0 Å². The predicted molar refractivity (Wildman–Crippen MR) is 83.5 cm³/mol. The lowest BCUT2D eigenvalue weighted by atomic mass is 9.89. The van der Waals surface area contributed by atoms with Crippen LogP contribution in [0.4, 0.5) is 0 Å². The Hall–Kier alpha value is -1.20. The van der Waals surface area contributed by atoms with E-state index in [4.69, 9.17) is 0 Å². The number of hydrogen-bond donors (Lipinski definition) is 2. The summed E-state index contributed by atoms with van der Waals surface area (Å²) in [5.41, 5.74) is 1.28. The van der Waals surface area contributed by atoms with Crippen molar-refractivity contribution in [3.63, 3.8) is 0 Å². The maximum Gasteiger partial charge on any atom is 0.259 e. The van der Waals surface area contributed by atoms with E-state index in [0.717, 1.165) is 41.3 Å². The molecule has 4 nitrogen and oxygen atoms in total. The first kappa shape index (κ1) is 13.8. The molecule has 20 heavy (non-hydrogen) atoms. The van der Waals surface area contributed by atoms with Crippen molar-refractivity contribution < 1.29 is 0 Å². The van der Waals surface area contributed by atoms with Gasteiger partial charge < -0.3 is 10.3 Å². The Balaban J connectivity index is 2.12. The molecule has 0 aromatic carbocycles. The SMILES string of the molecule is CCN[C@H](C)c1nc2sc3c(c2c(=O)[nH]1)CC[C@H](C)C3. The van der Waals surface area contributed by atoms with Crippen LogP contribution in [-0.4, -0.2) is 16.5 Å². The third-order valence-electron chi connectivity index (χ3n) is 4.10. The molecule has 2 atom stereocenters. The minimum Gasteiger partial charge on any atom is -0.309 e. The summed E-state index contributed by atoms with van der Waals surface area (Å²) in [5, 5.41) is 4.13. The topological polar surface area (TPSA) is 57.8 Å². The predicted octanol–water partition coefficient (Wildman–Crippen LogP) is 2.78. The molecule has 5 heteroatoms. The molecule has 0 unspecified atom stereocenters. The van der Waals surface area contributed by atoms with Crippen molar-refractivity contribution >= 4 is 21.6 Å². The van der Waals surface area contributed by atoms with Gasteiger partial charge in [0.2, 0.25) is 0 Å². The summed E-state index contributed by atoms with van der Waals surface area (Å²) in [5.74, 6) is 1.46. The normalized spacial score (nSPS) is 20.1. The molecular weight excluding hydrogens is 270 g/mol. The van der Waals surface area contributed by atoms with Crippen molar-refractivity contribution in [1.82, 2.24) is 15.3 Å². The number of aryl methyl sites for hydroxylation is 1. The van der Waals surface area contributed by atoms with Crippen molar-refractivity contribution in [2.75, 3.05) is 6.54 Å². The van der Waals surface area contributed by atoms with Crippen LogP contribution in [0.15, 0.2) is 4.79 Å². The number of nitrogens with zero attached hydrogens (tertiary/aromatic N) is 1. The van der Waals surface area contributed by atoms with Gasteiger partial charge in [-0.1, -0.05) is 13.8 Å². The molecule has 1 aliphatic rings. The van der Waals surface area contributed by atoms with E-state index in [1.807, 2.05) is 6.92 Å². The molecule has 3 rings (SSSR count). The van der Waals surface area contributed by atoms with Crippen LogP contribution in [0.25, 0.3) is 10.2 Å². The summed E-state index contributed by atoms with van der Waals surface area (Å²) in [6.45, 7) is 7.23. The lowest BCUT2D eigenvalue weighted by Gasteiger charge is -2.17. The van der Waals surface area contributed by atoms with Crippen LogP contribution in [0, 0.1) is 5.92 Å². The van der Waals surface area contributed by atoms with E-state index in [1.165, 1.54) is 16.9 Å². The van der Waals surface area contributed by atoms with Crippen molar-refractivity contribution in [3.8, 4) is 0 Å². The molecule has 108 valence electrons. The standard InChI is InChI=1S/C15H21N3OS/c1-4-16-9(3)13-17-14(19)12-10-6-5-8(2)7-11(10)20-15(12)18-13/h8-9,16H,4-7H2,1-3H3,(H,17,18,19)/t8-,9+/m0/s1. The molecule has 0 saturated heterocycles. The Labute approximate surface area is 122 Å². The largest absolute Gasteiger partial charge is 0.309 e. The van der Waals surface area contributed by atoms with E-state index in [0.29, 0.717) is 0 Å². The molecule has 0 bridgehead atoms. The molecule has 2 aromatic rings. The third-order valence-corrected chi connectivity index (χ3v) is 5.25. The smallest absolute Gasteiger partial charge is 0.259 e. The quantitative estimate of drug-likeness (QED) is 0.914. The first-order valence-corrected chi connectivity index (χ1v) is 8.19. The van der Waals surface area contributed by atoms with Crippen LogP contribution in [-0.2, 0) is 12.8 Å². The number of hydrogen-bond acceptors (Lipinski definition) is 4. The summed E-state index contributed by atoms with van der Waals surface area (Å²) in [4.78, 5) is 22.3. The molecule has 0 radical (unpaired) electrons. The minimum absolute atomic E-state index is 0.0295. The highest BCUT2D eigenvalue weighted by atomic mass is 32.1. The van der Waals surface area contributed by atoms with E-state index in [1.54, 1.807) is 11.3 Å². The van der Waals surface area contributed by atoms with Crippen LogP contribution in [0.2, 0.25) is 0 Å². The molecular formula is C15H21N3OS. The zero-order chi connectivity index (χ0) is 14.3. The second kappa shape index (κ2) is 5.30. The minimum atomic E-state index is 0.0295. The van der Waals surface area contributed by atoms with E-state index in [2.05, 4.69) is 29.1 Å². The van der Waals surface area contributed by atoms with Gasteiger partial charge in [0, 0.05) is 4.88 Å². The summed E-state index contributed by atoms with van der Waals surface area (Å²) >= 11 is 1.71. The highest BCUT2D eigenvalue weighted by molar-refractivity contribution is 7.18. The Morgan fingerprint density at radius 3 is 3.10 bits per heavy atom. The molecule has 0 fully saturated rings. The Bertz CT molecular complexity index is 688. The average Bonchev–Trinajstić information content (AvgIpc) is 2.76. The fourth-order valence-electron chi connectivity index (χ4n) is 2.97. The van der Waals surface area contributed by atoms with Crippen LogP contribution in [0.1, 0.15) is 49.5 Å². The van der Waals surface area contributed by atoms with Crippen LogP contribution in [0.5, 0.6) is 0 Å². The summed E-state index contributed by atoms with van der Waals surface area (Å²) in [6, 6.07) is 0.0788. The number of aromatic nitrogens is 2. The molecule has 0 spiro atoms. The summed E-state index contributed by atoms with van der Waals surface area (Å²) in [6.07, 6.45) is 3.28. The van der Waals surface area contributed by atoms with Gasteiger partial charge in [-0.05, 0) is 44.2 Å². The number of nitrogens with one attached hydrogen (secondary N) is 2. The number of aromatic amines is 1. The molecule has 2 N–H and O–H groups in total. The first-order chi connectivity index (χ1) is 9.60. The van der Waals surface area contributed by atoms with E-state index >= 15 is 0 Å². The lowest BCUT2D eigenvalue weighted by molar-refractivity contribution is 0.509. The van der Waals surface area contributed by atoms with Gasteiger partial charge in [-0.15, -0.1) is 11.3 Å². The van der Waals surface area contributed by atoms with Gasteiger partial charge in [-0.25, -0.2) is 4.98 Å². The number of fused-ring (bicyclic) bond motifs is 3. The van der Waals surface area contributed by atoms with Gasteiger partial charge in [-0.2, -0.15) is 0 Å². The second-order valence-electron chi connectivity index (χ2n) is 5.76. The molecule has 0 aliphatic heterocycles. The lowest BCUT2D eigenvalue weighted by Crippen LogP contribution is -2.23. The van der Waals surface area contributed by atoms with Crippen molar-refractivity contribution in [1.29, 1.82) is 0 Å². The van der Waals surface area contributed by atoms with Crippen molar-refractivity contribution in [2.24, 2.45) is 5.92 Å². The Morgan fingerprint density at radius 2 is 2.35 bits per heavy atom. The molecule has 2 aromatic heterocycles. The van der Waals surface area contributed by atoms with Crippen molar-refractivity contribution in [3.05, 3.63) is 26.6 Å². The van der Waals surface area contributed by atoms with Gasteiger partial charge in [-0.3, -0.25) is 4.79 Å². The van der Waals surface area contributed by atoms with E-state index in [9.17, 15) is 4.79 Å². The second-order valence-corrected chi connectivity index (χ2v) is 6.85. The highest BCUT2D eigenvalue weighted by Gasteiger charge is 2.23. The maximum absolute atomic E-state index is 12.4. The Morgan fingerprint density at radius 1 is 1.55 bits per heavy atom. The maximum atomic E-state index is 12.4. The molecule has 2 heterocycles. The number of rotatable bonds is 3. The van der Waals surface area contributed by atoms with Gasteiger partial charge in [0.1, 0.15) is 10.7 Å². The zero-order valence-electron chi connectivity index (χ0n) is 12.2. The molecule has 0 amide bonds. The summed E-state index contributed by atoms with van der Waals surface area (Å²) < 4.78 is 0. The van der Waals surface area contributed by atoms with Crippen LogP contribution >= 0.6 is 11.3 Å². The monoisotopic (exact) mass is 291 g/mol. The fourth-order valence-corrected chi connectivity index (χ4v) is 4.36. The molecule has 1 aliphatic carbocycles. The van der Waals surface area contributed by atoms with Crippen molar-refractivity contribution in [2.45, 2.75) is 46.1 Å². The van der Waals surface area contributed by atoms with Gasteiger partial charge >= 0.3 is 0 Å². The third kappa shape index (κ3) is 2.29. The molecule has 0 saturated carbocycles. The van der Waals surface area contributed by atoms with Gasteiger partial charge in [0.05, 0.1) is 11.4 Å². The van der Waals surface area contributed by atoms with Gasteiger partial charge in [0.25, 0.3) is 5.56 Å². The highest BCUT2D eigenvalue weighted by Crippen LogP contribution is 2.35. The Kier molecular flexibility index (Phi) is 3.65. The first-order valence-electron chi connectivity index (χ1n) is 7.38. The summed E-state index contributed by atoms with van der Waals surface area (Å²) in [7, 11) is 0.